The Kier molecular flexibility index (Phi) is 5.96. The zero-order valence-corrected chi connectivity index (χ0v) is 16.4. The molecule has 1 amide bonds. The monoisotopic (exact) mass is 375 g/mol. The van der Waals surface area contributed by atoms with Crippen molar-refractivity contribution in [3.63, 3.8) is 0 Å². The highest BCUT2D eigenvalue weighted by Crippen LogP contribution is 2.18. The van der Waals surface area contributed by atoms with Gasteiger partial charge in [0.25, 0.3) is 0 Å². The van der Waals surface area contributed by atoms with Crippen molar-refractivity contribution in [3.8, 4) is 0 Å². The van der Waals surface area contributed by atoms with E-state index in [4.69, 9.17) is 11.6 Å². The van der Waals surface area contributed by atoms with Crippen molar-refractivity contribution in [2.45, 2.75) is 20.4 Å². The molecule has 2 heterocycles. The average Bonchev–Trinajstić information content (AvgIpc) is 2.83. The molecule has 0 aliphatic carbocycles. The Morgan fingerprint density at radius 2 is 1.88 bits per heavy atom. The van der Waals surface area contributed by atoms with Gasteiger partial charge in [-0.25, -0.2) is 0 Å². The van der Waals surface area contributed by atoms with Crippen LogP contribution in [0.2, 0.25) is 5.02 Å². The molecule has 0 bridgehead atoms. The molecule has 6 nitrogen and oxygen atoms in total. The van der Waals surface area contributed by atoms with Gasteiger partial charge in [-0.3, -0.25) is 19.3 Å². The summed E-state index contributed by atoms with van der Waals surface area (Å²) in [5.41, 5.74) is 3.88. The number of hydrogen-bond acceptors (Lipinski definition) is 4. The molecular weight excluding hydrogens is 350 g/mol. The van der Waals surface area contributed by atoms with E-state index in [1.807, 2.05) is 39.1 Å². The number of halogens is 1. The third kappa shape index (κ3) is 4.63. The zero-order valence-electron chi connectivity index (χ0n) is 15.6. The van der Waals surface area contributed by atoms with E-state index in [0.29, 0.717) is 6.54 Å². The van der Waals surface area contributed by atoms with Crippen LogP contribution in [0.5, 0.6) is 0 Å². The van der Waals surface area contributed by atoms with Gasteiger partial charge in [-0.1, -0.05) is 23.7 Å². The molecule has 140 valence electrons. The van der Waals surface area contributed by atoms with Crippen LogP contribution in [0.15, 0.2) is 24.3 Å². The first-order chi connectivity index (χ1) is 12.4. The van der Waals surface area contributed by atoms with Crippen molar-refractivity contribution in [2.75, 3.05) is 38.0 Å². The first kappa shape index (κ1) is 18.9. The molecule has 1 aliphatic heterocycles. The van der Waals surface area contributed by atoms with Gasteiger partial charge >= 0.3 is 0 Å². The summed E-state index contributed by atoms with van der Waals surface area (Å²) in [6.07, 6.45) is 0. The van der Waals surface area contributed by atoms with E-state index in [0.717, 1.165) is 54.8 Å². The van der Waals surface area contributed by atoms with Crippen molar-refractivity contribution in [2.24, 2.45) is 7.05 Å². The standard InChI is InChI=1S/C19H26ClN5O/c1-14-19(15(2)23(3)22-14)21-18(26)13-25-9-7-24(8-10-25)12-16-5-4-6-17(20)11-16/h4-6,11H,7-10,12-13H2,1-3H3,(H,21,26). The molecule has 1 aromatic heterocycles. The molecule has 0 spiro atoms. The molecule has 26 heavy (non-hydrogen) atoms. The molecule has 0 saturated carbocycles. The second-order valence-electron chi connectivity index (χ2n) is 6.90. The Morgan fingerprint density at radius 1 is 1.19 bits per heavy atom. The maximum absolute atomic E-state index is 12.4. The van der Waals surface area contributed by atoms with Gasteiger partial charge in [-0.05, 0) is 31.5 Å². The molecule has 0 unspecified atom stereocenters. The number of nitrogens with one attached hydrogen (secondary N) is 1. The SMILES string of the molecule is Cc1nn(C)c(C)c1NC(=O)CN1CCN(Cc2cccc(Cl)c2)CC1. The highest BCUT2D eigenvalue weighted by atomic mass is 35.5. The smallest absolute Gasteiger partial charge is 0.238 e. The quantitative estimate of drug-likeness (QED) is 0.872. The summed E-state index contributed by atoms with van der Waals surface area (Å²) in [5, 5.41) is 8.13. The van der Waals surface area contributed by atoms with Gasteiger partial charge < -0.3 is 5.32 Å². The maximum atomic E-state index is 12.4. The number of aromatic nitrogens is 2. The lowest BCUT2D eigenvalue weighted by atomic mass is 10.2. The predicted octanol–water partition coefficient (Wildman–Crippen LogP) is 2.45. The highest BCUT2D eigenvalue weighted by Gasteiger charge is 2.20. The molecule has 1 saturated heterocycles. The van der Waals surface area contributed by atoms with Crippen molar-refractivity contribution in [1.82, 2.24) is 19.6 Å². The second-order valence-corrected chi connectivity index (χ2v) is 7.34. The lowest BCUT2D eigenvalue weighted by Crippen LogP contribution is -2.48. The number of piperazine rings is 1. The molecule has 0 radical (unpaired) electrons. The average molecular weight is 376 g/mol. The minimum absolute atomic E-state index is 0.0208. The maximum Gasteiger partial charge on any atom is 0.238 e. The molecule has 3 rings (SSSR count). The van der Waals surface area contributed by atoms with Crippen LogP contribution in [0.25, 0.3) is 0 Å². The Bertz CT molecular complexity index is 780. The fourth-order valence-electron chi connectivity index (χ4n) is 3.34. The molecule has 7 heteroatoms. The normalized spacial score (nSPS) is 16.0. The van der Waals surface area contributed by atoms with Crippen molar-refractivity contribution < 1.29 is 4.79 Å². The van der Waals surface area contributed by atoms with Crippen molar-refractivity contribution in [3.05, 3.63) is 46.2 Å². The summed E-state index contributed by atoms with van der Waals surface area (Å²) in [6, 6.07) is 8.00. The van der Waals surface area contributed by atoms with Gasteiger partial charge in [0.15, 0.2) is 0 Å². The largest absolute Gasteiger partial charge is 0.322 e. The van der Waals surface area contributed by atoms with E-state index in [1.54, 1.807) is 4.68 Å². The number of nitrogens with zero attached hydrogens (tertiary/aromatic N) is 4. The first-order valence-corrected chi connectivity index (χ1v) is 9.29. The lowest BCUT2D eigenvalue weighted by Gasteiger charge is -2.34. The highest BCUT2D eigenvalue weighted by molar-refractivity contribution is 6.30. The number of hydrogen-bond donors (Lipinski definition) is 1. The summed E-state index contributed by atoms with van der Waals surface area (Å²) in [4.78, 5) is 17.0. The molecule has 2 aromatic rings. The number of carbonyl (C=O) groups excluding carboxylic acids is 1. The van der Waals surface area contributed by atoms with Gasteiger partial charge in [0.2, 0.25) is 5.91 Å². The van der Waals surface area contributed by atoms with Crippen LogP contribution in [0, 0.1) is 13.8 Å². The Morgan fingerprint density at radius 3 is 2.50 bits per heavy atom. The minimum Gasteiger partial charge on any atom is -0.322 e. The van der Waals surface area contributed by atoms with Gasteiger partial charge in [0, 0.05) is 44.8 Å². The summed E-state index contributed by atoms with van der Waals surface area (Å²) >= 11 is 6.06. The van der Waals surface area contributed by atoms with Crippen LogP contribution >= 0.6 is 11.6 Å². The van der Waals surface area contributed by atoms with Crippen molar-refractivity contribution >= 4 is 23.2 Å². The van der Waals surface area contributed by atoms with Crippen LogP contribution in [0.3, 0.4) is 0 Å². The summed E-state index contributed by atoms with van der Waals surface area (Å²) in [5.74, 6) is 0.0208. The van der Waals surface area contributed by atoms with Gasteiger partial charge in [-0.15, -0.1) is 0 Å². The van der Waals surface area contributed by atoms with Gasteiger partial charge in [0.1, 0.15) is 0 Å². The van der Waals surface area contributed by atoms with E-state index < -0.39 is 0 Å². The number of carbonyl (C=O) groups is 1. The van der Waals surface area contributed by atoms with E-state index in [-0.39, 0.29) is 5.91 Å². The second kappa shape index (κ2) is 8.20. The van der Waals surface area contributed by atoms with Crippen LogP contribution in [-0.2, 0) is 18.4 Å². The fraction of sp³-hybridized carbons (Fsp3) is 0.474. The molecule has 1 aromatic carbocycles. The van der Waals surface area contributed by atoms with E-state index in [9.17, 15) is 4.79 Å². The summed E-state index contributed by atoms with van der Waals surface area (Å²) < 4.78 is 1.79. The minimum atomic E-state index is 0.0208. The number of amides is 1. The zero-order chi connectivity index (χ0) is 18.7. The van der Waals surface area contributed by atoms with Crippen LogP contribution in [0.1, 0.15) is 17.0 Å². The topological polar surface area (TPSA) is 53.4 Å². The summed E-state index contributed by atoms with van der Waals surface area (Å²) in [6.45, 7) is 8.86. The number of benzene rings is 1. The van der Waals surface area contributed by atoms with E-state index >= 15 is 0 Å². The van der Waals surface area contributed by atoms with Gasteiger partial charge in [-0.2, -0.15) is 5.10 Å². The molecular formula is C19H26ClN5O. The van der Waals surface area contributed by atoms with Crippen LogP contribution in [0.4, 0.5) is 5.69 Å². The first-order valence-electron chi connectivity index (χ1n) is 8.91. The van der Waals surface area contributed by atoms with Crippen LogP contribution < -0.4 is 5.32 Å². The van der Waals surface area contributed by atoms with Gasteiger partial charge in [0.05, 0.1) is 23.6 Å². The molecule has 0 atom stereocenters. The Hall–Kier alpha value is -1.89. The summed E-state index contributed by atoms with van der Waals surface area (Å²) in [7, 11) is 1.89. The lowest BCUT2D eigenvalue weighted by molar-refractivity contribution is -0.117. The molecule has 1 aliphatic rings. The Labute approximate surface area is 159 Å². The third-order valence-electron chi connectivity index (χ3n) is 4.90. The predicted molar refractivity (Wildman–Crippen MR) is 104 cm³/mol. The van der Waals surface area contributed by atoms with Crippen molar-refractivity contribution in [1.29, 1.82) is 0 Å². The fourth-order valence-corrected chi connectivity index (χ4v) is 3.55. The number of rotatable bonds is 5. The number of aryl methyl sites for hydroxylation is 2. The number of anilines is 1. The van der Waals surface area contributed by atoms with E-state index in [2.05, 4.69) is 26.3 Å². The van der Waals surface area contributed by atoms with Crippen LogP contribution in [-0.4, -0.2) is 58.2 Å². The Balaban J connectivity index is 1.47. The molecule has 1 N–H and O–H groups in total. The van der Waals surface area contributed by atoms with E-state index in [1.165, 1.54) is 5.56 Å². The molecule has 1 fully saturated rings. The third-order valence-corrected chi connectivity index (χ3v) is 5.14.